The topological polar surface area (TPSA) is 48.9 Å². The van der Waals surface area contributed by atoms with Gasteiger partial charge in [0.15, 0.2) is 5.96 Å². The zero-order chi connectivity index (χ0) is 16.7. The number of halogens is 2. The first-order chi connectivity index (χ1) is 11.1. The number of nitrogens with one attached hydrogen (secondary N) is 2. The van der Waals surface area contributed by atoms with Gasteiger partial charge in [0.2, 0.25) is 0 Å². The molecule has 1 fully saturated rings. The number of guanidine groups is 1. The van der Waals surface area contributed by atoms with E-state index >= 15 is 0 Å². The highest BCUT2D eigenvalue weighted by atomic mass is 127. The van der Waals surface area contributed by atoms with Crippen LogP contribution in [0, 0.1) is 0 Å². The molecule has 1 aliphatic heterocycles. The predicted molar refractivity (Wildman–Crippen MR) is 112 cm³/mol. The molecule has 136 valence electrons. The van der Waals surface area contributed by atoms with Crippen molar-refractivity contribution in [3.63, 3.8) is 0 Å². The van der Waals surface area contributed by atoms with Crippen LogP contribution < -0.4 is 10.6 Å². The van der Waals surface area contributed by atoms with Gasteiger partial charge in [-0.15, -0.1) is 24.0 Å². The molecule has 5 nitrogen and oxygen atoms in total. The average Bonchev–Trinajstić information content (AvgIpc) is 2.56. The fourth-order valence-electron chi connectivity index (χ4n) is 2.80. The van der Waals surface area contributed by atoms with Crippen molar-refractivity contribution >= 4 is 41.5 Å². The highest BCUT2D eigenvalue weighted by molar-refractivity contribution is 14.0. The van der Waals surface area contributed by atoms with E-state index in [0.717, 1.165) is 42.8 Å². The van der Waals surface area contributed by atoms with Gasteiger partial charge < -0.3 is 15.4 Å². The molecule has 24 heavy (non-hydrogen) atoms. The lowest BCUT2D eigenvalue weighted by atomic mass is 10.2. The van der Waals surface area contributed by atoms with Crippen molar-refractivity contribution in [2.45, 2.75) is 32.5 Å². The van der Waals surface area contributed by atoms with E-state index in [0.29, 0.717) is 18.6 Å². The lowest BCUT2D eigenvalue weighted by Gasteiger charge is -2.38. The molecule has 0 aromatic heterocycles. The summed E-state index contributed by atoms with van der Waals surface area (Å²) in [5, 5.41) is 7.47. The second-order valence-corrected chi connectivity index (χ2v) is 6.32. The third kappa shape index (κ3) is 6.38. The van der Waals surface area contributed by atoms with E-state index in [1.165, 1.54) is 0 Å². The van der Waals surface area contributed by atoms with Gasteiger partial charge in [-0.05, 0) is 25.5 Å². The number of aliphatic imine (C=N–C) groups is 1. The first-order valence-electron chi connectivity index (χ1n) is 8.13. The van der Waals surface area contributed by atoms with Gasteiger partial charge in [-0.2, -0.15) is 0 Å². The van der Waals surface area contributed by atoms with Crippen molar-refractivity contribution in [2.24, 2.45) is 4.99 Å². The van der Waals surface area contributed by atoms with Crippen molar-refractivity contribution in [1.82, 2.24) is 15.5 Å². The van der Waals surface area contributed by atoms with E-state index in [9.17, 15) is 0 Å². The number of morpholine rings is 1. The van der Waals surface area contributed by atoms with Crippen LogP contribution in [0.3, 0.4) is 0 Å². The van der Waals surface area contributed by atoms with E-state index in [1.807, 2.05) is 24.3 Å². The number of rotatable bonds is 5. The molecule has 1 saturated heterocycles. The third-order valence-corrected chi connectivity index (χ3v) is 4.55. The summed E-state index contributed by atoms with van der Waals surface area (Å²) in [4.78, 5) is 6.75. The van der Waals surface area contributed by atoms with Crippen molar-refractivity contribution in [2.75, 3.05) is 33.4 Å². The van der Waals surface area contributed by atoms with Crippen molar-refractivity contribution < 1.29 is 4.74 Å². The molecule has 7 heteroatoms. The molecular formula is C17H28ClIN4O. The highest BCUT2D eigenvalue weighted by Gasteiger charge is 2.23. The molecular weight excluding hydrogens is 439 g/mol. The zero-order valence-electron chi connectivity index (χ0n) is 14.6. The van der Waals surface area contributed by atoms with Crippen molar-refractivity contribution in [3.05, 3.63) is 34.9 Å². The second kappa shape index (κ2) is 11.1. The van der Waals surface area contributed by atoms with E-state index < -0.39 is 0 Å². The standard InChI is InChI=1S/C17H27ClN4O.HI/c1-13(22-8-9-23-12-14(22)2)10-20-17(19-3)21-11-15-6-4-5-7-16(15)18;/h4-7,13-14H,8-12H2,1-3H3,(H2,19,20,21);1H. The Kier molecular flexibility index (Phi) is 9.95. The summed E-state index contributed by atoms with van der Waals surface area (Å²) in [6.07, 6.45) is 0. The van der Waals surface area contributed by atoms with E-state index in [4.69, 9.17) is 16.3 Å². The molecule has 0 amide bonds. The molecule has 2 N–H and O–H groups in total. The molecule has 2 atom stereocenters. The van der Waals surface area contributed by atoms with Crippen LogP contribution in [-0.2, 0) is 11.3 Å². The van der Waals surface area contributed by atoms with Gasteiger partial charge >= 0.3 is 0 Å². The summed E-state index contributed by atoms with van der Waals surface area (Å²) in [7, 11) is 1.78. The first kappa shape index (κ1) is 21.5. The quantitative estimate of drug-likeness (QED) is 0.398. The number of benzene rings is 1. The van der Waals surface area contributed by atoms with E-state index in [1.54, 1.807) is 7.05 Å². The van der Waals surface area contributed by atoms with Crippen LogP contribution in [0.25, 0.3) is 0 Å². The van der Waals surface area contributed by atoms with Gasteiger partial charge in [0.05, 0.1) is 13.2 Å². The minimum atomic E-state index is 0. The van der Waals surface area contributed by atoms with Crippen LogP contribution in [0.2, 0.25) is 5.02 Å². The fraction of sp³-hybridized carbons (Fsp3) is 0.588. The number of nitrogens with zero attached hydrogens (tertiary/aromatic N) is 2. The Hall–Kier alpha value is -0.570. The van der Waals surface area contributed by atoms with Crippen LogP contribution in [0.5, 0.6) is 0 Å². The first-order valence-corrected chi connectivity index (χ1v) is 8.51. The van der Waals surface area contributed by atoms with Crippen molar-refractivity contribution in [3.8, 4) is 0 Å². The van der Waals surface area contributed by atoms with Crippen LogP contribution in [0.15, 0.2) is 29.3 Å². The minimum absolute atomic E-state index is 0. The lowest BCUT2D eigenvalue weighted by molar-refractivity contribution is -0.0174. The molecule has 0 spiro atoms. The summed E-state index contributed by atoms with van der Waals surface area (Å²) in [5.41, 5.74) is 1.06. The summed E-state index contributed by atoms with van der Waals surface area (Å²) in [5.74, 6) is 0.790. The molecule has 2 unspecified atom stereocenters. The Morgan fingerprint density at radius 1 is 1.42 bits per heavy atom. The smallest absolute Gasteiger partial charge is 0.191 e. The second-order valence-electron chi connectivity index (χ2n) is 5.91. The van der Waals surface area contributed by atoms with Gasteiger partial charge in [-0.1, -0.05) is 29.8 Å². The molecule has 2 rings (SSSR count). The van der Waals surface area contributed by atoms with E-state index in [-0.39, 0.29) is 24.0 Å². The highest BCUT2D eigenvalue weighted by Crippen LogP contribution is 2.14. The molecule has 1 aromatic rings. The fourth-order valence-corrected chi connectivity index (χ4v) is 3.00. The maximum absolute atomic E-state index is 6.18. The minimum Gasteiger partial charge on any atom is -0.379 e. The summed E-state index contributed by atoms with van der Waals surface area (Å²) >= 11 is 6.18. The monoisotopic (exact) mass is 466 g/mol. The maximum Gasteiger partial charge on any atom is 0.191 e. The summed E-state index contributed by atoms with van der Waals surface area (Å²) < 4.78 is 5.50. The Labute approximate surface area is 167 Å². The third-order valence-electron chi connectivity index (χ3n) is 4.18. The molecule has 0 radical (unpaired) electrons. The van der Waals surface area contributed by atoms with Crippen LogP contribution in [0.1, 0.15) is 19.4 Å². The van der Waals surface area contributed by atoms with Gasteiger partial charge in [0.25, 0.3) is 0 Å². The van der Waals surface area contributed by atoms with Gasteiger partial charge in [0.1, 0.15) is 0 Å². The Morgan fingerprint density at radius 3 is 2.83 bits per heavy atom. The number of hydrogen-bond donors (Lipinski definition) is 2. The van der Waals surface area contributed by atoms with Gasteiger partial charge in [-0.25, -0.2) is 0 Å². The maximum atomic E-state index is 6.18. The van der Waals surface area contributed by atoms with Crippen LogP contribution in [0.4, 0.5) is 0 Å². The van der Waals surface area contributed by atoms with Crippen LogP contribution in [-0.4, -0.2) is 56.3 Å². The Bertz CT molecular complexity index is 529. The Morgan fingerprint density at radius 2 is 2.17 bits per heavy atom. The average molecular weight is 467 g/mol. The van der Waals surface area contributed by atoms with Gasteiger partial charge in [0, 0.05) is 43.8 Å². The lowest BCUT2D eigenvalue weighted by Crippen LogP contribution is -2.52. The summed E-state index contributed by atoms with van der Waals surface area (Å²) in [6, 6.07) is 8.72. The Balaban J connectivity index is 0.00000288. The molecule has 0 saturated carbocycles. The van der Waals surface area contributed by atoms with E-state index in [2.05, 4.69) is 34.4 Å². The zero-order valence-corrected chi connectivity index (χ0v) is 17.7. The summed E-state index contributed by atoms with van der Waals surface area (Å²) in [6.45, 7) is 8.54. The SMILES string of the molecule is CN=C(NCc1ccccc1Cl)NCC(C)N1CCOCC1C.I. The number of ether oxygens (including phenoxy) is 1. The molecule has 1 heterocycles. The molecule has 0 bridgehead atoms. The largest absolute Gasteiger partial charge is 0.379 e. The van der Waals surface area contributed by atoms with Crippen molar-refractivity contribution in [1.29, 1.82) is 0 Å². The molecule has 1 aliphatic rings. The predicted octanol–water partition coefficient (Wildman–Crippen LogP) is 2.73. The molecule has 1 aromatic carbocycles. The number of hydrogen-bond acceptors (Lipinski definition) is 3. The van der Waals surface area contributed by atoms with Crippen LogP contribution >= 0.6 is 35.6 Å². The normalized spacial score (nSPS) is 20.2. The molecule has 0 aliphatic carbocycles. The van der Waals surface area contributed by atoms with Gasteiger partial charge in [-0.3, -0.25) is 9.89 Å².